The number of carbonyl (C=O) groups is 1. The van der Waals surface area contributed by atoms with Crippen molar-refractivity contribution in [3.63, 3.8) is 0 Å². The van der Waals surface area contributed by atoms with Crippen LogP contribution in [0.2, 0.25) is 0 Å². The van der Waals surface area contributed by atoms with Crippen LogP contribution in [0.3, 0.4) is 0 Å². The molecule has 0 aliphatic carbocycles. The van der Waals surface area contributed by atoms with E-state index in [1.165, 1.54) is 0 Å². The van der Waals surface area contributed by atoms with E-state index in [0.717, 1.165) is 0 Å². The third-order valence-electron chi connectivity index (χ3n) is 2.45. The Morgan fingerprint density at radius 3 is 3.00 bits per heavy atom. The Kier molecular flexibility index (Phi) is 4.53. The first-order chi connectivity index (χ1) is 9.20. The quantitative estimate of drug-likeness (QED) is 0.625. The van der Waals surface area contributed by atoms with Crippen LogP contribution in [0, 0.1) is 0 Å². The summed E-state index contributed by atoms with van der Waals surface area (Å²) in [5, 5.41) is 5.69. The van der Waals surface area contributed by atoms with E-state index in [1.807, 2.05) is 0 Å². The number of fused-ring (bicyclic) bond motifs is 1. The summed E-state index contributed by atoms with van der Waals surface area (Å²) in [4.78, 5) is 11.9. The molecule has 0 fully saturated rings. The van der Waals surface area contributed by atoms with E-state index in [9.17, 15) is 4.79 Å². The number of rotatable bonds is 4. The van der Waals surface area contributed by atoms with Crippen LogP contribution in [-0.2, 0) is 4.74 Å². The number of benzene rings is 1. The minimum atomic E-state index is -0.298. The van der Waals surface area contributed by atoms with E-state index in [2.05, 4.69) is 10.6 Å². The van der Waals surface area contributed by atoms with Gasteiger partial charge in [-0.2, -0.15) is 0 Å². The number of hydrogen-bond acceptors (Lipinski definition) is 5. The van der Waals surface area contributed by atoms with Crippen molar-refractivity contribution in [3.8, 4) is 11.5 Å². The molecule has 0 spiro atoms. The van der Waals surface area contributed by atoms with Crippen molar-refractivity contribution in [2.45, 2.75) is 0 Å². The largest absolute Gasteiger partial charge is 0.454 e. The lowest BCUT2D eigenvalue weighted by atomic mass is 10.2. The highest BCUT2D eigenvalue weighted by Gasteiger charge is 2.16. The second-order valence-electron chi connectivity index (χ2n) is 3.77. The van der Waals surface area contributed by atoms with Crippen molar-refractivity contribution < 1.29 is 19.0 Å². The molecule has 0 bridgehead atoms. The van der Waals surface area contributed by atoms with E-state index in [1.54, 1.807) is 25.3 Å². The topological polar surface area (TPSA) is 68.8 Å². The second kappa shape index (κ2) is 6.35. The average molecular weight is 282 g/mol. The van der Waals surface area contributed by atoms with Crippen LogP contribution in [-0.4, -0.2) is 38.1 Å². The highest BCUT2D eigenvalue weighted by molar-refractivity contribution is 7.80. The zero-order chi connectivity index (χ0) is 13.7. The molecule has 0 saturated carbocycles. The molecular formula is C12H14N2O4S. The maximum atomic E-state index is 11.9. The number of ether oxygens (including phenoxy) is 3. The molecule has 2 rings (SSSR count). The molecular weight excluding hydrogens is 268 g/mol. The lowest BCUT2D eigenvalue weighted by Gasteiger charge is -2.09. The number of nitrogens with one attached hydrogen (secondary N) is 2. The van der Waals surface area contributed by atoms with Crippen LogP contribution < -0.4 is 20.1 Å². The van der Waals surface area contributed by atoms with Gasteiger partial charge in [0.15, 0.2) is 16.6 Å². The first-order valence-corrected chi connectivity index (χ1v) is 6.09. The van der Waals surface area contributed by atoms with Crippen LogP contribution in [0.4, 0.5) is 0 Å². The lowest BCUT2D eigenvalue weighted by Crippen LogP contribution is -2.40. The number of amides is 1. The molecule has 19 heavy (non-hydrogen) atoms. The van der Waals surface area contributed by atoms with Crippen molar-refractivity contribution in [3.05, 3.63) is 23.8 Å². The van der Waals surface area contributed by atoms with E-state index < -0.39 is 0 Å². The van der Waals surface area contributed by atoms with Crippen LogP contribution >= 0.6 is 12.2 Å². The highest BCUT2D eigenvalue weighted by atomic mass is 32.1. The van der Waals surface area contributed by atoms with Gasteiger partial charge in [0.05, 0.1) is 6.61 Å². The minimum absolute atomic E-state index is 0.178. The molecule has 1 aromatic carbocycles. The average Bonchev–Trinajstić information content (AvgIpc) is 2.86. The fraction of sp³-hybridized carbons (Fsp3) is 0.333. The van der Waals surface area contributed by atoms with Crippen LogP contribution in [0.15, 0.2) is 18.2 Å². The van der Waals surface area contributed by atoms with Gasteiger partial charge in [-0.25, -0.2) is 0 Å². The molecule has 1 aromatic rings. The summed E-state index contributed by atoms with van der Waals surface area (Å²) >= 11 is 4.99. The van der Waals surface area contributed by atoms with Gasteiger partial charge in [0, 0.05) is 19.2 Å². The molecule has 1 aliphatic heterocycles. The van der Waals surface area contributed by atoms with Gasteiger partial charge in [-0.15, -0.1) is 0 Å². The molecule has 2 N–H and O–H groups in total. The van der Waals surface area contributed by atoms with Crippen molar-refractivity contribution in [2.75, 3.05) is 27.1 Å². The van der Waals surface area contributed by atoms with E-state index >= 15 is 0 Å². The zero-order valence-corrected chi connectivity index (χ0v) is 11.2. The maximum absolute atomic E-state index is 11.9. The van der Waals surface area contributed by atoms with Crippen molar-refractivity contribution in [2.24, 2.45) is 0 Å². The molecule has 1 aliphatic rings. The van der Waals surface area contributed by atoms with Gasteiger partial charge in [-0.05, 0) is 30.4 Å². The molecule has 102 valence electrons. The van der Waals surface area contributed by atoms with Gasteiger partial charge in [-0.1, -0.05) is 0 Å². The lowest BCUT2D eigenvalue weighted by molar-refractivity contribution is 0.0976. The van der Waals surface area contributed by atoms with Gasteiger partial charge < -0.3 is 19.5 Å². The van der Waals surface area contributed by atoms with E-state index in [0.29, 0.717) is 30.2 Å². The Hall–Kier alpha value is -1.86. The van der Waals surface area contributed by atoms with E-state index in [-0.39, 0.29) is 17.8 Å². The summed E-state index contributed by atoms with van der Waals surface area (Å²) in [5.41, 5.74) is 0.458. The smallest absolute Gasteiger partial charge is 0.257 e. The number of hydrogen-bond donors (Lipinski definition) is 2. The summed E-state index contributed by atoms with van der Waals surface area (Å²) in [5.74, 6) is 0.900. The Labute approximate surface area is 116 Å². The maximum Gasteiger partial charge on any atom is 0.257 e. The van der Waals surface area contributed by atoms with Gasteiger partial charge >= 0.3 is 0 Å². The van der Waals surface area contributed by atoms with Crippen LogP contribution in [0.25, 0.3) is 0 Å². The number of methoxy groups -OCH3 is 1. The summed E-state index contributed by atoms with van der Waals surface area (Å²) < 4.78 is 15.2. The number of carbonyl (C=O) groups excluding carboxylic acids is 1. The van der Waals surface area contributed by atoms with Crippen LogP contribution in [0.1, 0.15) is 10.4 Å². The van der Waals surface area contributed by atoms with E-state index in [4.69, 9.17) is 26.4 Å². The molecule has 6 nitrogen and oxygen atoms in total. The molecule has 0 unspecified atom stereocenters. The van der Waals surface area contributed by atoms with Crippen molar-refractivity contribution in [1.29, 1.82) is 0 Å². The first-order valence-electron chi connectivity index (χ1n) is 5.68. The van der Waals surface area contributed by atoms with Gasteiger partial charge in [0.1, 0.15) is 0 Å². The van der Waals surface area contributed by atoms with Crippen LogP contribution in [0.5, 0.6) is 11.5 Å². The van der Waals surface area contributed by atoms with Crippen molar-refractivity contribution >= 4 is 23.2 Å². The summed E-state index contributed by atoms with van der Waals surface area (Å²) in [6, 6.07) is 4.97. The predicted octanol–water partition coefficient (Wildman–Crippen LogP) is 0.666. The Balaban J connectivity index is 1.91. The Bertz CT molecular complexity index is 493. The molecule has 7 heteroatoms. The fourth-order valence-electron chi connectivity index (χ4n) is 1.52. The number of thiocarbonyl (C=S) groups is 1. The monoisotopic (exact) mass is 282 g/mol. The molecule has 0 saturated heterocycles. The summed E-state index contributed by atoms with van der Waals surface area (Å²) in [7, 11) is 1.59. The molecule has 1 heterocycles. The molecule has 0 aromatic heterocycles. The standard InChI is InChI=1S/C12H14N2O4S/c1-16-5-4-13-12(19)14-11(15)8-2-3-9-10(6-8)18-7-17-9/h2-3,6H,4-5,7H2,1H3,(H2,13,14,15,19). The first kappa shape index (κ1) is 13.6. The predicted molar refractivity (Wildman–Crippen MR) is 72.5 cm³/mol. The van der Waals surface area contributed by atoms with Gasteiger partial charge in [0.2, 0.25) is 6.79 Å². The van der Waals surface area contributed by atoms with Gasteiger partial charge in [0.25, 0.3) is 5.91 Å². The van der Waals surface area contributed by atoms with Gasteiger partial charge in [-0.3, -0.25) is 10.1 Å². The molecule has 1 amide bonds. The Morgan fingerprint density at radius 2 is 2.21 bits per heavy atom. The third kappa shape index (κ3) is 3.55. The molecule has 0 radical (unpaired) electrons. The summed E-state index contributed by atoms with van der Waals surface area (Å²) in [6.45, 7) is 1.23. The fourth-order valence-corrected chi connectivity index (χ4v) is 1.72. The highest BCUT2D eigenvalue weighted by Crippen LogP contribution is 2.32. The van der Waals surface area contributed by atoms with Crippen molar-refractivity contribution in [1.82, 2.24) is 10.6 Å². The third-order valence-corrected chi connectivity index (χ3v) is 2.70. The SMILES string of the molecule is COCCNC(=S)NC(=O)c1ccc2c(c1)OCO2. The molecule has 0 atom stereocenters. The summed E-state index contributed by atoms with van der Waals surface area (Å²) in [6.07, 6.45) is 0. The zero-order valence-electron chi connectivity index (χ0n) is 10.4. The minimum Gasteiger partial charge on any atom is -0.454 e. The second-order valence-corrected chi connectivity index (χ2v) is 4.18. The Morgan fingerprint density at radius 1 is 1.42 bits per heavy atom. The normalized spacial score (nSPS) is 12.1.